The number of carbonyl (C=O) groups excluding carboxylic acids is 1. The fourth-order valence-corrected chi connectivity index (χ4v) is 4.15. The first-order valence-corrected chi connectivity index (χ1v) is 9.38. The number of carbonyl (C=O) groups is 1. The predicted molar refractivity (Wildman–Crippen MR) is 104 cm³/mol. The first kappa shape index (κ1) is 17.2. The van der Waals surface area contributed by atoms with Crippen molar-refractivity contribution in [2.75, 3.05) is 0 Å². The second-order valence-electron chi connectivity index (χ2n) is 7.17. The third-order valence-electron chi connectivity index (χ3n) is 5.28. The molecule has 4 rings (SSSR count). The number of nitrogens with zero attached hydrogens (tertiary/aromatic N) is 4. The predicted octanol–water partition coefficient (Wildman–Crippen LogP) is 2.50. The van der Waals surface area contributed by atoms with Gasteiger partial charge in [0.2, 0.25) is 0 Å². The number of fused-ring (bicyclic) bond motifs is 1. The molecule has 2 aliphatic heterocycles. The molecule has 0 amide bonds. The number of aldehydes is 1. The summed E-state index contributed by atoms with van der Waals surface area (Å²) in [5.74, 6) is 0.892. The Morgan fingerprint density at radius 1 is 1.42 bits per heavy atom. The van der Waals surface area contributed by atoms with E-state index in [1.165, 1.54) is 5.56 Å². The number of hydrogen-bond acceptors (Lipinski definition) is 5. The third kappa shape index (κ3) is 3.38. The van der Waals surface area contributed by atoms with Crippen molar-refractivity contribution >= 4 is 35.4 Å². The Hall–Kier alpha value is -2.21. The van der Waals surface area contributed by atoms with Crippen molar-refractivity contribution in [3.05, 3.63) is 35.4 Å². The number of amidine groups is 2. The Morgan fingerprint density at radius 3 is 3.08 bits per heavy atom. The van der Waals surface area contributed by atoms with Crippen LogP contribution < -0.4 is 5.32 Å². The zero-order valence-corrected chi connectivity index (χ0v) is 15.4. The van der Waals surface area contributed by atoms with Crippen LogP contribution in [0.3, 0.4) is 0 Å². The quantitative estimate of drug-likeness (QED) is 0.653. The van der Waals surface area contributed by atoms with Crippen LogP contribution >= 0.6 is 11.6 Å². The van der Waals surface area contributed by atoms with Crippen LogP contribution in [0.4, 0.5) is 0 Å². The van der Waals surface area contributed by atoms with Gasteiger partial charge in [-0.2, -0.15) is 0 Å². The van der Waals surface area contributed by atoms with Crippen LogP contribution in [0.5, 0.6) is 0 Å². The van der Waals surface area contributed by atoms with Gasteiger partial charge in [-0.15, -0.1) is 0 Å². The van der Waals surface area contributed by atoms with Crippen LogP contribution in [-0.4, -0.2) is 46.9 Å². The molecule has 0 aromatic heterocycles. The maximum Gasteiger partial charge on any atom is 0.198 e. The summed E-state index contributed by atoms with van der Waals surface area (Å²) in [7, 11) is 0. The van der Waals surface area contributed by atoms with Crippen LogP contribution in [0.2, 0.25) is 0 Å². The van der Waals surface area contributed by atoms with Crippen LogP contribution in [0.15, 0.2) is 39.2 Å². The van der Waals surface area contributed by atoms with E-state index in [9.17, 15) is 4.79 Å². The molecule has 26 heavy (non-hydrogen) atoms. The van der Waals surface area contributed by atoms with Gasteiger partial charge in [0.15, 0.2) is 11.5 Å². The Labute approximate surface area is 158 Å². The van der Waals surface area contributed by atoms with E-state index in [2.05, 4.69) is 45.3 Å². The first-order chi connectivity index (χ1) is 12.6. The number of benzene rings is 1. The van der Waals surface area contributed by atoms with Gasteiger partial charge in [0.1, 0.15) is 18.2 Å². The lowest BCUT2D eigenvalue weighted by Crippen LogP contribution is -2.52. The molecule has 0 radical (unpaired) electrons. The number of rotatable bonds is 4. The monoisotopic (exact) mass is 371 g/mol. The van der Waals surface area contributed by atoms with Crippen molar-refractivity contribution in [1.29, 1.82) is 0 Å². The van der Waals surface area contributed by atoms with Gasteiger partial charge in [0.25, 0.3) is 0 Å². The highest BCUT2D eigenvalue weighted by molar-refractivity contribution is 6.66. The summed E-state index contributed by atoms with van der Waals surface area (Å²) in [5, 5.41) is 3.41. The zero-order chi connectivity index (χ0) is 18.1. The molecule has 1 N–H and O–H groups in total. The van der Waals surface area contributed by atoms with E-state index in [1.807, 2.05) is 12.4 Å². The maximum absolute atomic E-state index is 11.1. The fraction of sp³-hybridized carbons (Fsp3) is 0.474. The number of nitrogens with one attached hydrogen (secondary N) is 1. The molecule has 3 aliphatic rings. The molecule has 7 heteroatoms. The molecule has 0 saturated heterocycles. The topological polar surface area (TPSA) is 69.4 Å². The third-order valence-corrected chi connectivity index (χ3v) is 5.47. The molecular weight excluding hydrogens is 350 g/mol. The summed E-state index contributed by atoms with van der Waals surface area (Å²) in [6.07, 6.45) is 5.52. The highest BCUT2D eigenvalue weighted by atomic mass is 35.5. The molecule has 2 heterocycles. The van der Waals surface area contributed by atoms with Gasteiger partial charge in [-0.3, -0.25) is 9.98 Å². The summed E-state index contributed by atoms with van der Waals surface area (Å²) in [6, 6.07) is 8.42. The average molecular weight is 372 g/mol. The van der Waals surface area contributed by atoms with Crippen molar-refractivity contribution in [2.45, 2.75) is 51.0 Å². The van der Waals surface area contributed by atoms with E-state index < -0.39 is 0 Å². The van der Waals surface area contributed by atoms with Gasteiger partial charge < -0.3 is 15.0 Å². The lowest BCUT2D eigenvalue weighted by molar-refractivity contribution is -0.111. The number of aliphatic imine (C=N–C) groups is 3. The Bertz CT molecular complexity index is 790. The van der Waals surface area contributed by atoms with Gasteiger partial charge in [-0.05, 0) is 43.4 Å². The molecule has 0 spiro atoms. The van der Waals surface area contributed by atoms with Crippen LogP contribution in [0.1, 0.15) is 30.4 Å². The van der Waals surface area contributed by atoms with Gasteiger partial charge in [0, 0.05) is 12.0 Å². The summed E-state index contributed by atoms with van der Waals surface area (Å²) >= 11 is 6.23. The molecule has 1 aromatic rings. The second-order valence-corrected chi connectivity index (χ2v) is 7.53. The van der Waals surface area contributed by atoms with Gasteiger partial charge in [-0.25, -0.2) is 4.99 Å². The first-order valence-electron chi connectivity index (χ1n) is 9.00. The molecule has 0 bridgehead atoms. The van der Waals surface area contributed by atoms with Gasteiger partial charge in [-0.1, -0.05) is 29.8 Å². The normalized spacial score (nSPS) is 31.7. The minimum absolute atomic E-state index is 0.142. The lowest BCUT2D eigenvalue weighted by atomic mass is 10.1. The van der Waals surface area contributed by atoms with E-state index >= 15 is 0 Å². The number of hydrogen-bond donors (Lipinski definition) is 1. The Kier molecular flexibility index (Phi) is 4.76. The molecular formula is C19H22ClN5O. The summed E-state index contributed by atoms with van der Waals surface area (Å²) in [5.41, 5.74) is 2.37. The van der Waals surface area contributed by atoms with Crippen LogP contribution in [-0.2, 0) is 11.3 Å². The van der Waals surface area contributed by atoms with E-state index in [-0.39, 0.29) is 24.2 Å². The van der Waals surface area contributed by atoms with Crippen molar-refractivity contribution in [2.24, 2.45) is 20.9 Å². The van der Waals surface area contributed by atoms with Crippen LogP contribution in [0.25, 0.3) is 0 Å². The zero-order valence-electron chi connectivity index (χ0n) is 14.7. The van der Waals surface area contributed by atoms with Crippen molar-refractivity contribution in [3.8, 4) is 0 Å². The summed E-state index contributed by atoms with van der Waals surface area (Å²) < 4.78 is 0. The fourth-order valence-electron chi connectivity index (χ4n) is 3.95. The van der Waals surface area contributed by atoms with E-state index in [1.54, 1.807) is 0 Å². The van der Waals surface area contributed by atoms with E-state index in [0.29, 0.717) is 11.8 Å². The minimum Gasteiger partial charge on any atom is -0.336 e. The maximum atomic E-state index is 11.1. The lowest BCUT2D eigenvalue weighted by Gasteiger charge is -2.33. The highest BCUT2D eigenvalue weighted by Crippen LogP contribution is 2.32. The van der Waals surface area contributed by atoms with Crippen molar-refractivity contribution < 1.29 is 4.79 Å². The van der Waals surface area contributed by atoms with Crippen LogP contribution in [0, 0.1) is 12.8 Å². The van der Waals surface area contributed by atoms with E-state index in [0.717, 1.165) is 36.9 Å². The molecule has 4 atom stereocenters. The molecule has 1 saturated carbocycles. The van der Waals surface area contributed by atoms with Gasteiger partial charge >= 0.3 is 0 Å². The van der Waals surface area contributed by atoms with Crippen molar-refractivity contribution in [3.63, 3.8) is 0 Å². The molecule has 1 aliphatic carbocycles. The molecule has 6 nitrogen and oxygen atoms in total. The number of aryl methyl sites for hydroxylation is 1. The van der Waals surface area contributed by atoms with Crippen molar-refractivity contribution in [1.82, 2.24) is 10.2 Å². The summed E-state index contributed by atoms with van der Waals surface area (Å²) in [6.45, 7) is 2.64. The second kappa shape index (κ2) is 7.19. The molecule has 4 unspecified atom stereocenters. The molecule has 1 aromatic carbocycles. The highest BCUT2D eigenvalue weighted by Gasteiger charge is 2.42. The van der Waals surface area contributed by atoms with Gasteiger partial charge in [0.05, 0.1) is 12.9 Å². The minimum atomic E-state index is -0.171. The smallest absolute Gasteiger partial charge is 0.198 e. The average Bonchev–Trinajstić information content (AvgIpc) is 3.26. The number of halogens is 1. The SMILES string of the molecule is Cc1cccc(CN=C2NC(Cl)=NC3C2N=CN3C2CCC(C=O)C2)c1. The molecule has 1 fully saturated rings. The Morgan fingerprint density at radius 2 is 2.31 bits per heavy atom. The summed E-state index contributed by atoms with van der Waals surface area (Å²) in [4.78, 5) is 27.1. The Balaban J connectivity index is 1.51. The standard InChI is InChI=1S/C19H22ClN5O/c1-12-3-2-4-13(7-12)9-21-17-16-18(24-19(20)23-17)25(11-22-16)15-6-5-14(8-15)10-26/h2-4,7,10-11,14-16,18H,5-6,8-9H2,1H3,(H,21,23,24). The van der Waals surface area contributed by atoms with E-state index in [4.69, 9.17) is 16.6 Å². The largest absolute Gasteiger partial charge is 0.336 e. The molecule has 136 valence electrons.